The minimum Gasteiger partial charge on any atom is -0.497 e. The summed E-state index contributed by atoms with van der Waals surface area (Å²) in [6.07, 6.45) is 0. The number of fused-ring (bicyclic) bond motifs is 1. The predicted octanol–water partition coefficient (Wildman–Crippen LogP) is 4.17. The number of ether oxygens (including phenoxy) is 2. The van der Waals surface area contributed by atoms with Crippen LogP contribution < -0.4 is 10.3 Å². The molecule has 0 saturated heterocycles. The minimum atomic E-state index is -4.35. The molecule has 1 aliphatic heterocycles. The van der Waals surface area contributed by atoms with Gasteiger partial charge in [0.05, 0.1) is 34.6 Å². The van der Waals surface area contributed by atoms with Gasteiger partial charge in [0.1, 0.15) is 12.4 Å². The Labute approximate surface area is 204 Å². The maximum atomic E-state index is 13.4. The number of methoxy groups -OCH3 is 1. The van der Waals surface area contributed by atoms with Crippen molar-refractivity contribution in [1.82, 2.24) is 9.78 Å². The number of azo groups is 1. The number of nitrogens with zero attached hydrogens (tertiary/aromatic N) is 3. The average molecular weight is 506 g/mol. The largest absolute Gasteiger partial charge is 0.497 e. The number of carbonyl (C=O) groups is 1. The van der Waals surface area contributed by atoms with Gasteiger partial charge in [-0.15, -0.1) is 5.11 Å². The number of rotatable bonds is 6. The van der Waals surface area contributed by atoms with Crippen molar-refractivity contribution in [2.45, 2.75) is 11.5 Å². The van der Waals surface area contributed by atoms with Crippen molar-refractivity contribution < 1.29 is 27.2 Å². The normalized spacial score (nSPS) is 13.1. The number of esters is 1. The average Bonchev–Trinajstić information content (AvgIpc) is 3.41. The molecule has 2 N–H and O–H groups in total. The lowest BCUT2D eigenvalue weighted by Gasteiger charge is -2.04. The first kappa shape index (κ1) is 23.2. The van der Waals surface area contributed by atoms with E-state index in [1.54, 1.807) is 49.6 Å². The number of aromatic amines is 1. The molecule has 0 amide bonds. The maximum Gasteiger partial charge on any atom is 0.338 e. The van der Waals surface area contributed by atoms with Crippen molar-refractivity contribution in [2.24, 2.45) is 10.2 Å². The highest BCUT2D eigenvalue weighted by Crippen LogP contribution is 2.30. The molecule has 36 heavy (non-hydrogen) atoms. The van der Waals surface area contributed by atoms with Gasteiger partial charge in [-0.2, -0.15) is 13.5 Å². The highest BCUT2D eigenvalue weighted by molar-refractivity contribution is 7.85. The van der Waals surface area contributed by atoms with Gasteiger partial charge in [-0.25, -0.2) is 9.48 Å². The first-order valence-electron chi connectivity index (χ1n) is 10.5. The third-order valence-electron chi connectivity index (χ3n) is 5.58. The van der Waals surface area contributed by atoms with Crippen LogP contribution in [0.4, 0.5) is 11.4 Å². The van der Waals surface area contributed by atoms with Crippen molar-refractivity contribution in [1.29, 1.82) is 0 Å². The zero-order chi connectivity index (χ0) is 25.4. The van der Waals surface area contributed by atoms with Crippen LogP contribution in [0.15, 0.2) is 86.6 Å². The number of H-pyrrole nitrogens is 1. The van der Waals surface area contributed by atoms with Crippen molar-refractivity contribution in [3.05, 3.63) is 88.2 Å². The second-order valence-electron chi connectivity index (χ2n) is 7.79. The first-order valence-corrected chi connectivity index (χ1v) is 12.0. The molecular weight excluding hydrogens is 488 g/mol. The van der Waals surface area contributed by atoms with Crippen LogP contribution in [0.5, 0.6) is 5.75 Å². The zero-order valence-corrected chi connectivity index (χ0v) is 19.5. The Morgan fingerprint density at radius 1 is 1.00 bits per heavy atom. The first-order chi connectivity index (χ1) is 17.2. The fourth-order valence-corrected chi connectivity index (χ4v) is 4.17. The van der Waals surface area contributed by atoms with Crippen molar-refractivity contribution in [3.8, 4) is 22.7 Å². The lowest BCUT2D eigenvalue weighted by Crippen LogP contribution is -2.14. The summed E-state index contributed by atoms with van der Waals surface area (Å²) in [6.45, 7) is 0.182. The van der Waals surface area contributed by atoms with Gasteiger partial charge in [-0.05, 0) is 60.7 Å². The van der Waals surface area contributed by atoms with Gasteiger partial charge in [0, 0.05) is 11.1 Å². The van der Waals surface area contributed by atoms with Crippen LogP contribution in [0.1, 0.15) is 15.9 Å². The molecule has 0 unspecified atom stereocenters. The van der Waals surface area contributed by atoms with Crippen LogP contribution in [0.3, 0.4) is 0 Å². The lowest BCUT2D eigenvalue weighted by atomic mass is 10.1. The molecule has 11 nitrogen and oxygen atoms in total. The van der Waals surface area contributed by atoms with Crippen LogP contribution >= 0.6 is 0 Å². The van der Waals surface area contributed by atoms with E-state index in [4.69, 9.17) is 14.0 Å². The Bertz CT molecular complexity index is 1670. The SMILES string of the molecule is COc1ccc(-c2[nH]n(-c3ccc4c(c3)C(=O)OC4)c(=O)c2N=Nc2ccc(S(=O)(=O)O)cc2)cc1. The summed E-state index contributed by atoms with van der Waals surface area (Å²) in [6, 6.07) is 16.9. The molecule has 0 fully saturated rings. The van der Waals surface area contributed by atoms with E-state index in [9.17, 15) is 18.0 Å². The van der Waals surface area contributed by atoms with Gasteiger partial charge in [0.15, 0.2) is 5.69 Å². The Kier molecular flexibility index (Phi) is 5.74. The van der Waals surface area contributed by atoms with Crippen LogP contribution in [0.25, 0.3) is 16.9 Å². The number of hydrogen-bond acceptors (Lipinski definition) is 8. The summed E-state index contributed by atoms with van der Waals surface area (Å²) in [7, 11) is -2.81. The van der Waals surface area contributed by atoms with Gasteiger partial charge in [-0.1, -0.05) is 6.07 Å². The minimum absolute atomic E-state index is 0.0119. The van der Waals surface area contributed by atoms with Crippen LogP contribution in [-0.4, -0.2) is 35.8 Å². The van der Waals surface area contributed by atoms with E-state index < -0.39 is 21.6 Å². The summed E-state index contributed by atoms with van der Waals surface area (Å²) in [5, 5.41) is 11.3. The highest BCUT2D eigenvalue weighted by Gasteiger charge is 2.23. The molecule has 12 heteroatoms. The smallest absolute Gasteiger partial charge is 0.338 e. The Morgan fingerprint density at radius 2 is 1.72 bits per heavy atom. The summed E-state index contributed by atoms with van der Waals surface area (Å²) < 4.78 is 43.2. The molecule has 0 spiro atoms. The Morgan fingerprint density at radius 3 is 2.39 bits per heavy atom. The van der Waals surface area contributed by atoms with E-state index >= 15 is 0 Å². The summed E-state index contributed by atoms with van der Waals surface area (Å²) in [5.41, 5.74) is 2.23. The zero-order valence-electron chi connectivity index (χ0n) is 18.7. The van der Waals surface area contributed by atoms with Crippen LogP contribution in [-0.2, 0) is 21.5 Å². The maximum absolute atomic E-state index is 13.4. The molecule has 0 saturated carbocycles. The Hall–Kier alpha value is -4.55. The molecule has 4 aromatic rings. The van der Waals surface area contributed by atoms with Gasteiger partial charge < -0.3 is 9.47 Å². The number of nitrogens with one attached hydrogen (secondary N) is 1. The number of benzene rings is 3. The second kappa shape index (κ2) is 8.91. The van der Waals surface area contributed by atoms with Gasteiger partial charge >= 0.3 is 5.97 Å². The number of hydrogen-bond donors (Lipinski definition) is 2. The highest BCUT2D eigenvalue weighted by atomic mass is 32.2. The lowest BCUT2D eigenvalue weighted by molar-refractivity contribution is 0.0535. The van der Waals surface area contributed by atoms with E-state index in [1.165, 1.54) is 28.9 Å². The van der Waals surface area contributed by atoms with Gasteiger partial charge in [-0.3, -0.25) is 14.4 Å². The monoisotopic (exact) mass is 506 g/mol. The molecule has 0 atom stereocenters. The molecule has 2 heterocycles. The summed E-state index contributed by atoms with van der Waals surface area (Å²) in [4.78, 5) is 25.1. The summed E-state index contributed by atoms with van der Waals surface area (Å²) >= 11 is 0. The van der Waals surface area contributed by atoms with E-state index in [-0.39, 0.29) is 22.9 Å². The molecule has 3 aromatic carbocycles. The third kappa shape index (κ3) is 4.30. The fraction of sp³-hybridized carbons (Fsp3) is 0.0833. The molecule has 0 aliphatic carbocycles. The molecule has 0 bridgehead atoms. The summed E-state index contributed by atoms with van der Waals surface area (Å²) in [5.74, 6) is 0.162. The molecular formula is C24H18N4O7S. The predicted molar refractivity (Wildman–Crippen MR) is 128 cm³/mol. The van der Waals surface area contributed by atoms with E-state index in [2.05, 4.69) is 15.3 Å². The quantitative estimate of drug-likeness (QED) is 0.226. The van der Waals surface area contributed by atoms with E-state index in [0.717, 1.165) is 5.56 Å². The third-order valence-corrected chi connectivity index (χ3v) is 6.44. The van der Waals surface area contributed by atoms with Crippen molar-refractivity contribution in [2.75, 3.05) is 7.11 Å². The molecule has 5 rings (SSSR count). The van der Waals surface area contributed by atoms with E-state index in [0.29, 0.717) is 28.3 Å². The van der Waals surface area contributed by atoms with Crippen molar-refractivity contribution >= 4 is 27.5 Å². The van der Waals surface area contributed by atoms with Gasteiger partial charge in [0.25, 0.3) is 15.7 Å². The molecule has 0 radical (unpaired) electrons. The second-order valence-corrected chi connectivity index (χ2v) is 9.21. The number of carbonyl (C=O) groups excluding carboxylic acids is 1. The van der Waals surface area contributed by atoms with Gasteiger partial charge in [0.2, 0.25) is 0 Å². The van der Waals surface area contributed by atoms with E-state index in [1.807, 2.05) is 0 Å². The number of aromatic nitrogens is 2. The topological polar surface area (TPSA) is 152 Å². The van der Waals surface area contributed by atoms with Crippen LogP contribution in [0, 0.1) is 0 Å². The number of cyclic esters (lactones) is 1. The Balaban J connectivity index is 1.60. The molecule has 182 valence electrons. The van der Waals surface area contributed by atoms with Crippen molar-refractivity contribution in [3.63, 3.8) is 0 Å². The fourth-order valence-electron chi connectivity index (χ4n) is 3.69. The van der Waals surface area contributed by atoms with Crippen LogP contribution in [0.2, 0.25) is 0 Å². The standard InChI is InChI=1S/C24H18N4O7S/c1-34-18-8-3-14(4-9-18)21-22(26-25-16-5-10-19(11-6-16)36(31,32)33)23(29)28(27-21)17-7-2-15-13-35-24(30)20(15)12-17/h2-12,27H,13H2,1H3,(H,31,32,33). The molecule has 1 aromatic heterocycles. The molecule has 1 aliphatic rings.